The van der Waals surface area contributed by atoms with Gasteiger partial charge in [0.2, 0.25) is 0 Å². The summed E-state index contributed by atoms with van der Waals surface area (Å²) in [6.45, 7) is 6.50. The van der Waals surface area contributed by atoms with E-state index in [9.17, 15) is 4.21 Å². The molecule has 0 spiro atoms. The van der Waals surface area contributed by atoms with Crippen LogP contribution in [0.3, 0.4) is 0 Å². The lowest BCUT2D eigenvalue weighted by Gasteiger charge is -2.20. The third-order valence-corrected chi connectivity index (χ3v) is 5.70. The topological polar surface area (TPSA) is 40.9 Å². The van der Waals surface area contributed by atoms with E-state index in [-0.39, 0.29) is 16.6 Å². The zero-order valence-electron chi connectivity index (χ0n) is 11.8. The highest BCUT2D eigenvalue weighted by molar-refractivity contribution is 7.85. The summed E-state index contributed by atoms with van der Waals surface area (Å²) >= 11 is 0. The molecule has 1 aromatic carbocycles. The van der Waals surface area contributed by atoms with Gasteiger partial charge in [0.25, 0.3) is 0 Å². The number of nitrogens with zero attached hydrogens (tertiary/aromatic N) is 1. The van der Waals surface area contributed by atoms with Crippen molar-refractivity contribution in [3.05, 3.63) is 29.8 Å². The molecule has 0 heterocycles. The van der Waals surface area contributed by atoms with Crippen LogP contribution >= 0.6 is 0 Å². The highest BCUT2D eigenvalue weighted by atomic mass is 32.2. The predicted octanol–water partition coefficient (Wildman–Crippen LogP) is 3.78. The molecule has 1 aliphatic rings. The van der Waals surface area contributed by atoms with E-state index in [0.717, 1.165) is 24.2 Å². The zero-order valence-corrected chi connectivity index (χ0v) is 12.7. The fourth-order valence-electron chi connectivity index (χ4n) is 2.59. The van der Waals surface area contributed by atoms with Gasteiger partial charge in [0.15, 0.2) is 0 Å². The number of hydrogen-bond donors (Lipinski definition) is 0. The molecule has 0 aliphatic heterocycles. The van der Waals surface area contributed by atoms with Crippen LogP contribution in [0.25, 0.3) is 0 Å². The van der Waals surface area contributed by atoms with Gasteiger partial charge in [-0.2, -0.15) is 5.26 Å². The lowest BCUT2D eigenvalue weighted by molar-refractivity contribution is 0.589. The Labute approximate surface area is 118 Å². The minimum absolute atomic E-state index is 0.0190. The highest BCUT2D eigenvalue weighted by Gasteiger charge is 2.32. The second kappa shape index (κ2) is 5.46. The van der Waals surface area contributed by atoms with E-state index >= 15 is 0 Å². The number of nitriles is 1. The second-order valence-electron chi connectivity index (χ2n) is 6.28. The molecule has 1 saturated carbocycles. The minimum Gasteiger partial charge on any atom is -0.254 e. The van der Waals surface area contributed by atoms with Crippen molar-refractivity contribution in [3.8, 4) is 6.07 Å². The third-order valence-electron chi connectivity index (χ3n) is 3.85. The molecule has 2 rings (SSSR count). The molecule has 0 radical (unpaired) electrons. The monoisotopic (exact) mass is 275 g/mol. The number of benzene rings is 1. The smallest absolute Gasteiger partial charge is 0.0668 e. The van der Waals surface area contributed by atoms with Crippen LogP contribution in [-0.2, 0) is 16.2 Å². The van der Waals surface area contributed by atoms with Gasteiger partial charge in [-0.05, 0) is 36.0 Å². The van der Waals surface area contributed by atoms with Gasteiger partial charge in [0.05, 0.1) is 28.0 Å². The largest absolute Gasteiger partial charge is 0.254 e. The molecular formula is C16H21NOS. The summed E-state index contributed by atoms with van der Waals surface area (Å²) in [7, 11) is -1.05. The van der Waals surface area contributed by atoms with E-state index in [0.29, 0.717) is 0 Å². The van der Waals surface area contributed by atoms with Crippen LogP contribution in [-0.4, -0.2) is 9.46 Å². The van der Waals surface area contributed by atoms with E-state index in [4.69, 9.17) is 5.26 Å². The standard InChI is InChI=1S/C16H21NOS/c1-16(2,3)13-7-9-14(10-8-13)19(18)15-6-4-5-12(15)11-17/h7-10,12,15H,4-6H2,1-3H3. The van der Waals surface area contributed by atoms with Crippen molar-refractivity contribution in [3.63, 3.8) is 0 Å². The average Bonchev–Trinajstić information content (AvgIpc) is 2.85. The first-order valence-electron chi connectivity index (χ1n) is 6.84. The first kappa shape index (κ1) is 14.3. The van der Waals surface area contributed by atoms with Gasteiger partial charge in [-0.15, -0.1) is 0 Å². The van der Waals surface area contributed by atoms with Gasteiger partial charge in [-0.25, -0.2) is 0 Å². The van der Waals surface area contributed by atoms with Crippen molar-refractivity contribution in [2.24, 2.45) is 5.92 Å². The van der Waals surface area contributed by atoms with Crippen LogP contribution in [0.2, 0.25) is 0 Å². The van der Waals surface area contributed by atoms with Crippen molar-refractivity contribution >= 4 is 10.8 Å². The molecule has 0 bridgehead atoms. The summed E-state index contributed by atoms with van der Waals surface area (Å²) in [4.78, 5) is 0.861. The number of hydrogen-bond acceptors (Lipinski definition) is 2. The summed E-state index contributed by atoms with van der Waals surface area (Å²) in [5.74, 6) is -0.0388. The van der Waals surface area contributed by atoms with E-state index in [1.54, 1.807) is 0 Å². The van der Waals surface area contributed by atoms with Crippen LogP contribution in [0.5, 0.6) is 0 Å². The van der Waals surface area contributed by atoms with Crippen molar-refractivity contribution in [2.45, 2.75) is 55.6 Å². The Bertz CT molecular complexity index is 507. The molecule has 19 heavy (non-hydrogen) atoms. The quantitative estimate of drug-likeness (QED) is 0.824. The molecule has 0 amide bonds. The molecule has 102 valence electrons. The first-order valence-corrected chi connectivity index (χ1v) is 8.05. The summed E-state index contributed by atoms with van der Waals surface area (Å²) < 4.78 is 12.5. The summed E-state index contributed by atoms with van der Waals surface area (Å²) in [6, 6.07) is 10.3. The van der Waals surface area contributed by atoms with Gasteiger partial charge in [0, 0.05) is 4.90 Å². The van der Waals surface area contributed by atoms with E-state index in [1.165, 1.54) is 5.56 Å². The predicted molar refractivity (Wildman–Crippen MR) is 78.3 cm³/mol. The van der Waals surface area contributed by atoms with Gasteiger partial charge in [0.1, 0.15) is 0 Å². The van der Waals surface area contributed by atoms with E-state index in [1.807, 2.05) is 12.1 Å². The Balaban J connectivity index is 2.19. The van der Waals surface area contributed by atoms with Crippen LogP contribution in [0.1, 0.15) is 45.6 Å². The molecule has 3 atom stereocenters. The molecule has 1 aliphatic carbocycles. The molecule has 0 N–H and O–H groups in total. The lowest BCUT2D eigenvalue weighted by atomic mass is 9.87. The van der Waals surface area contributed by atoms with Crippen molar-refractivity contribution in [1.82, 2.24) is 0 Å². The Morgan fingerprint density at radius 1 is 1.21 bits per heavy atom. The van der Waals surface area contributed by atoms with Gasteiger partial charge < -0.3 is 0 Å². The molecule has 0 saturated heterocycles. The maximum absolute atomic E-state index is 12.5. The molecular weight excluding hydrogens is 254 g/mol. The maximum Gasteiger partial charge on any atom is 0.0668 e. The van der Waals surface area contributed by atoms with Crippen LogP contribution in [0, 0.1) is 17.2 Å². The third kappa shape index (κ3) is 3.06. The van der Waals surface area contributed by atoms with Crippen LogP contribution in [0.15, 0.2) is 29.2 Å². The first-order chi connectivity index (χ1) is 8.93. The van der Waals surface area contributed by atoms with Crippen LogP contribution < -0.4 is 0 Å². The van der Waals surface area contributed by atoms with Crippen LogP contribution in [0.4, 0.5) is 0 Å². The fourth-order valence-corrected chi connectivity index (χ4v) is 4.22. The Morgan fingerprint density at radius 2 is 1.84 bits per heavy atom. The Hall–Kier alpha value is -1.14. The number of rotatable bonds is 2. The molecule has 2 nitrogen and oxygen atoms in total. The molecule has 3 unspecified atom stereocenters. The average molecular weight is 275 g/mol. The summed E-state index contributed by atoms with van der Waals surface area (Å²) in [5.41, 5.74) is 1.36. The molecule has 1 aromatic rings. The SMILES string of the molecule is CC(C)(C)c1ccc(S(=O)C2CCCC2C#N)cc1. The summed E-state index contributed by atoms with van der Waals surface area (Å²) in [5, 5.41) is 9.12. The highest BCUT2D eigenvalue weighted by Crippen LogP contribution is 2.32. The maximum atomic E-state index is 12.5. The Kier molecular flexibility index (Phi) is 4.10. The van der Waals surface area contributed by atoms with Gasteiger partial charge in [-0.3, -0.25) is 4.21 Å². The molecule has 1 fully saturated rings. The summed E-state index contributed by atoms with van der Waals surface area (Å²) in [6.07, 6.45) is 2.83. The zero-order chi connectivity index (χ0) is 14.0. The van der Waals surface area contributed by atoms with Gasteiger partial charge >= 0.3 is 0 Å². The molecule has 0 aromatic heterocycles. The lowest BCUT2D eigenvalue weighted by Crippen LogP contribution is -2.19. The van der Waals surface area contributed by atoms with Crippen molar-refractivity contribution in [2.75, 3.05) is 0 Å². The van der Waals surface area contributed by atoms with Gasteiger partial charge in [-0.1, -0.05) is 39.3 Å². The van der Waals surface area contributed by atoms with E-state index in [2.05, 4.69) is 39.0 Å². The normalized spacial score (nSPS) is 24.9. The molecule has 3 heteroatoms. The minimum atomic E-state index is -1.05. The van der Waals surface area contributed by atoms with Crippen molar-refractivity contribution in [1.29, 1.82) is 5.26 Å². The van der Waals surface area contributed by atoms with E-state index < -0.39 is 10.8 Å². The Morgan fingerprint density at radius 3 is 2.37 bits per heavy atom. The fraction of sp³-hybridized carbons (Fsp3) is 0.562. The van der Waals surface area contributed by atoms with Crippen molar-refractivity contribution < 1.29 is 4.21 Å². The second-order valence-corrected chi connectivity index (χ2v) is 7.95.